The number of unbranched alkanes of at least 4 members (excludes halogenated alkanes) is 1. The van der Waals surface area contributed by atoms with Crippen molar-refractivity contribution in [3.63, 3.8) is 0 Å². The van der Waals surface area contributed by atoms with Crippen LogP contribution in [0.4, 0.5) is 0 Å². The van der Waals surface area contributed by atoms with Crippen LogP contribution in [-0.4, -0.2) is 29.1 Å². The number of ether oxygens (including phenoxy) is 1. The van der Waals surface area contributed by atoms with Gasteiger partial charge >= 0.3 is 5.97 Å². The van der Waals surface area contributed by atoms with Crippen molar-refractivity contribution in [2.75, 3.05) is 6.61 Å². The summed E-state index contributed by atoms with van der Waals surface area (Å²) in [5, 5.41) is 11.6. The van der Waals surface area contributed by atoms with Crippen molar-refractivity contribution < 1.29 is 19.4 Å². The number of benzene rings is 1. The topological polar surface area (TPSA) is 75.6 Å². The Hall–Kier alpha value is -2.04. The number of hydrogen-bond acceptors (Lipinski definition) is 3. The molecule has 0 bridgehead atoms. The molecule has 0 aliphatic rings. The Morgan fingerprint density at radius 2 is 1.96 bits per heavy atom. The lowest BCUT2D eigenvalue weighted by Gasteiger charge is -2.25. The molecular formula is C18H27NO4. The van der Waals surface area contributed by atoms with Crippen LogP contribution >= 0.6 is 0 Å². The standard InChI is InChI=1S/C18H27NO4/c1-14-7-6-8-15(13-14)23-12-5-4-9-16(20)19-18(2,3)11-10-17(21)22/h6-8,13H,4-5,9-12H2,1-3H3,(H,19,20)(H,21,22). The molecular weight excluding hydrogens is 294 g/mol. The zero-order valence-electron chi connectivity index (χ0n) is 14.2. The number of carboxylic acids is 1. The van der Waals surface area contributed by atoms with Crippen LogP contribution in [0.2, 0.25) is 0 Å². The van der Waals surface area contributed by atoms with Crippen molar-refractivity contribution >= 4 is 11.9 Å². The predicted octanol–water partition coefficient (Wildman–Crippen LogP) is 3.30. The van der Waals surface area contributed by atoms with Crippen LogP contribution in [0.25, 0.3) is 0 Å². The van der Waals surface area contributed by atoms with Crippen LogP contribution in [0.1, 0.15) is 51.5 Å². The van der Waals surface area contributed by atoms with Crippen LogP contribution in [0.15, 0.2) is 24.3 Å². The Morgan fingerprint density at radius 3 is 2.61 bits per heavy atom. The molecule has 1 aromatic rings. The number of aliphatic carboxylic acids is 1. The van der Waals surface area contributed by atoms with Gasteiger partial charge in [-0.05, 0) is 57.7 Å². The zero-order valence-corrected chi connectivity index (χ0v) is 14.2. The second-order valence-electron chi connectivity index (χ2n) is 6.45. The van der Waals surface area contributed by atoms with Crippen LogP contribution in [0, 0.1) is 6.92 Å². The minimum atomic E-state index is -0.847. The van der Waals surface area contributed by atoms with E-state index < -0.39 is 11.5 Å². The van der Waals surface area contributed by atoms with Gasteiger partial charge in [-0.3, -0.25) is 9.59 Å². The highest BCUT2D eigenvalue weighted by atomic mass is 16.5. The van der Waals surface area contributed by atoms with Gasteiger partial charge in [-0.1, -0.05) is 12.1 Å². The number of amides is 1. The Kier molecular flexibility index (Phi) is 7.59. The predicted molar refractivity (Wildman–Crippen MR) is 89.6 cm³/mol. The van der Waals surface area contributed by atoms with Crippen LogP contribution in [-0.2, 0) is 9.59 Å². The third-order valence-corrected chi connectivity index (χ3v) is 3.50. The normalized spacial score (nSPS) is 11.1. The van der Waals surface area contributed by atoms with Crippen molar-refractivity contribution in [1.29, 1.82) is 0 Å². The molecule has 0 unspecified atom stereocenters. The molecule has 0 aliphatic heterocycles. The average Bonchev–Trinajstić information content (AvgIpc) is 2.44. The molecule has 0 fully saturated rings. The molecule has 1 rings (SSSR count). The summed E-state index contributed by atoms with van der Waals surface area (Å²) in [4.78, 5) is 22.5. The molecule has 0 atom stereocenters. The highest BCUT2D eigenvalue weighted by Gasteiger charge is 2.21. The molecule has 0 radical (unpaired) electrons. The molecule has 5 nitrogen and oxygen atoms in total. The third kappa shape index (κ3) is 8.86. The van der Waals surface area contributed by atoms with E-state index in [1.165, 1.54) is 0 Å². The maximum atomic E-state index is 11.9. The maximum absolute atomic E-state index is 11.9. The molecule has 2 N–H and O–H groups in total. The van der Waals surface area contributed by atoms with E-state index in [0.717, 1.165) is 24.2 Å². The van der Waals surface area contributed by atoms with Gasteiger partial charge < -0.3 is 15.2 Å². The summed E-state index contributed by atoms with van der Waals surface area (Å²) in [6.07, 6.45) is 2.44. The SMILES string of the molecule is Cc1cccc(OCCCCC(=O)NC(C)(C)CCC(=O)O)c1. The number of nitrogens with one attached hydrogen (secondary N) is 1. The fourth-order valence-electron chi connectivity index (χ4n) is 2.20. The van der Waals surface area contributed by atoms with Gasteiger partial charge in [0.05, 0.1) is 6.61 Å². The quantitative estimate of drug-likeness (QED) is 0.648. The summed E-state index contributed by atoms with van der Waals surface area (Å²) >= 11 is 0. The van der Waals surface area contributed by atoms with Crippen molar-refractivity contribution in [2.24, 2.45) is 0 Å². The molecule has 1 aromatic carbocycles. The van der Waals surface area contributed by atoms with E-state index in [1.54, 1.807) is 0 Å². The Bertz CT molecular complexity index is 526. The maximum Gasteiger partial charge on any atom is 0.303 e. The van der Waals surface area contributed by atoms with Gasteiger partial charge in [0, 0.05) is 18.4 Å². The van der Waals surface area contributed by atoms with Crippen LogP contribution < -0.4 is 10.1 Å². The van der Waals surface area contributed by atoms with Crippen LogP contribution in [0.5, 0.6) is 5.75 Å². The second-order valence-corrected chi connectivity index (χ2v) is 6.45. The molecule has 1 amide bonds. The number of carbonyl (C=O) groups excluding carboxylic acids is 1. The van der Waals surface area contributed by atoms with E-state index in [4.69, 9.17) is 9.84 Å². The summed E-state index contributed by atoms with van der Waals surface area (Å²) in [5.74, 6) is -0.0409. The molecule has 0 aliphatic carbocycles. The van der Waals surface area contributed by atoms with Crippen molar-refractivity contribution in [3.8, 4) is 5.75 Å². The molecule has 0 spiro atoms. The smallest absolute Gasteiger partial charge is 0.303 e. The molecule has 5 heteroatoms. The van der Waals surface area contributed by atoms with E-state index in [2.05, 4.69) is 5.32 Å². The summed E-state index contributed by atoms with van der Waals surface area (Å²) in [5.41, 5.74) is 0.665. The first-order valence-corrected chi connectivity index (χ1v) is 8.01. The lowest BCUT2D eigenvalue weighted by atomic mass is 9.98. The number of hydrogen-bond donors (Lipinski definition) is 2. The molecule has 0 aromatic heterocycles. The summed E-state index contributed by atoms with van der Waals surface area (Å²) < 4.78 is 5.64. The number of carbonyl (C=O) groups is 2. The van der Waals surface area contributed by atoms with Crippen LogP contribution in [0.3, 0.4) is 0 Å². The number of aryl methyl sites for hydroxylation is 1. The number of rotatable bonds is 10. The van der Waals surface area contributed by atoms with Crippen molar-refractivity contribution in [2.45, 2.75) is 58.4 Å². The van der Waals surface area contributed by atoms with Gasteiger partial charge in [0.1, 0.15) is 5.75 Å². The number of carboxylic acid groups (broad SMARTS) is 1. The first-order chi connectivity index (χ1) is 10.8. The highest BCUT2D eigenvalue weighted by Crippen LogP contribution is 2.14. The van der Waals surface area contributed by atoms with E-state index in [9.17, 15) is 9.59 Å². The first kappa shape index (κ1) is 19.0. The summed E-state index contributed by atoms with van der Waals surface area (Å²) in [7, 11) is 0. The first-order valence-electron chi connectivity index (χ1n) is 8.01. The van der Waals surface area contributed by atoms with Gasteiger partial charge in [0.2, 0.25) is 5.91 Å². The minimum Gasteiger partial charge on any atom is -0.494 e. The van der Waals surface area contributed by atoms with Gasteiger partial charge in [-0.15, -0.1) is 0 Å². The largest absolute Gasteiger partial charge is 0.494 e. The third-order valence-electron chi connectivity index (χ3n) is 3.50. The van der Waals surface area contributed by atoms with Crippen molar-refractivity contribution in [1.82, 2.24) is 5.32 Å². The monoisotopic (exact) mass is 321 g/mol. The van der Waals surface area contributed by atoms with E-state index in [0.29, 0.717) is 19.4 Å². The van der Waals surface area contributed by atoms with E-state index in [1.807, 2.05) is 45.0 Å². The van der Waals surface area contributed by atoms with Gasteiger partial charge in [-0.25, -0.2) is 0 Å². The summed E-state index contributed by atoms with van der Waals surface area (Å²) in [6.45, 7) is 6.28. The summed E-state index contributed by atoms with van der Waals surface area (Å²) in [6, 6.07) is 7.88. The van der Waals surface area contributed by atoms with Crippen molar-refractivity contribution in [3.05, 3.63) is 29.8 Å². The minimum absolute atomic E-state index is 0.0454. The Labute approximate surface area is 138 Å². The zero-order chi connectivity index (χ0) is 17.3. The Balaban J connectivity index is 2.17. The van der Waals surface area contributed by atoms with E-state index >= 15 is 0 Å². The molecule has 128 valence electrons. The molecule has 23 heavy (non-hydrogen) atoms. The molecule has 0 saturated carbocycles. The van der Waals surface area contributed by atoms with Gasteiger partial charge in [-0.2, -0.15) is 0 Å². The fraction of sp³-hybridized carbons (Fsp3) is 0.556. The second kappa shape index (κ2) is 9.18. The lowest BCUT2D eigenvalue weighted by Crippen LogP contribution is -2.43. The van der Waals surface area contributed by atoms with Gasteiger partial charge in [0.25, 0.3) is 0 Å². The highest BCUT2D eigenvalue weighted by molar-refractivity contribution is 5.76. The fourth-order valence-corrected chi connectivity index (χ4v) is 2.20. The Morgan fingerprint density at radius 1 is 1.22 bits per heavy atom. The van der Waals surface area contributed by atoms with Gasteiger partial charge in [0.15, 0.2) is 0 Å². The average molecular weight is 321 g/mol. The lowest BCUT2D eigenvalue weighted by molar-refractivity contribution is -0.137. The molecule has 0 heterocycles. The molecule has 0 saturated heterocycles. The van der Waals surface area contributed by atoms with E-state index in [-0.39, 0.29) is 12.3 Å².